The van der Waals surface area contributed by atoms with Crippen LogP contribution in [-0.4, -0.2) is 18.1 Å². The Kier molecular flexibility index (Phi) is 5.15. The lowest BCUT2D eigenvalue weighted by molar-refractivity contribution is 0.184. The van der Waals surface area contributed by atoms with E-state index in [0.717, 1.165) is 11.3 Å². The highest BCUT2D eigenvalue weighted by Gasteiger charge is 2.07. The molecule has 2 aromatic rings. The number of nitrogens with one attached hydrogen (secondary N) is 1. The number of aromatic nitrogens is 1. The summed E-state index contributed by atoms with van der Waals surface area (Å²) in [4.78, 5) is 4.27. The molecule has 0 aliphatic rings. The van der Waals surface area contributed by atoms with Crippen molar-refractivity contribution in [2.45, 2.75) is 33.0 Å². The van der Waals surface area contributed by atoms with Crippen LogP contribution in [0.3, 0.4) is 0 Å². The molecular formula is C15H20N2O3. The van der Waals surface area contributed by atoms with Crippen molar-refractivity contribution in [2.75, 3.05) is 7.11 Å². The molecule has 0 radical (unpaired) electrons. The molecule has 1 heterocycles. The number of nitrogens with zero attached hydrogens (tertiary/aromatic N) is 1. The summed E-state index contributed by atoms with van der Waals surface area (Å²) in [6, 6.07) is 8.05. The predicted molar refractivity (Wildman–Crippen MR) is 75.7 cm³/mol. The molecule has 5 nitrogen and oxygen atoms in total. The van der Waals surface area contributed by atoms with E-state index in [1.54, 1.807) is 13.4 Å². The summed E-state index contributed by atoms with van der Waals surface area (Å²) in [5, 5.41) is 3.27. The maximum atomic E-state index is 5.59. The van der Waals surface area contributed by atoms with Crippen molar-refractivity contribution in [3.05, 3.63) is 41.8 Å². The molecule has 0 amide bonds. The van der Waals surface area contributed by atoms with Crippen LogP contribution in [0.4, 0.5) is 0 Å². The molecule has 0 fully saturated rings. The second-order valence-corrected chi connectivity index (χ2v) is 4.82. The van der Waals surface area contributed by atoms with E-state index >= 15 is 0 Å². The molecule has 0 atom stereocenters. The lowest BCUT2D eigenvalue weighted by atomic mass is 10.2. The van der Waals surface area contributed by atoms with Crippen LogP contribution in [0.1, 0.15) is 25.1 Å². The normalized spacial score (nSPS) is 11.0. The minimum absolute atomic E-state index is 0.250. The van der Waals surface area contributed by atoms with Gasteiger partial charge in [-0.05, 0) is 17.7 Å². The van der Waals surface area contributed by atoms with Gasteiger partial charge in [0.2, 0.25) is 0 Å². The number of hydrogen-bond donors (Lipinski definition) is 1. The maximum Gasteiger partial charge on any atom is 0.399 e. The van der Waals surface area contributed by atoms with E-state index < -0.39 is 0 Å². The minimum atomic E-state index is 0.250. The Hall–Kier alpha value is -1.85. The molecule has 5 heteroatoms. The number of rotatable bonds is 7. The van der Waals surface area contributed by atoms with Gasteiger partial charge in [0.25, 0.3) is 0 Å². The summed E-state index contributed by atoms with van der Waals surface area (Å²) < 4.78 is 16.0. The molecule has 0 spiro atoms. The van der Waals surface area contributed by atoms with E-state index in [2.05, 4.69) is 24.1 Å². The average molecular weight is 276 g/mol. The Balaban J connectivity index is 1.97. The SMILES string of the molecule is COCc1cccc(Oc2nc(CNC(C)C)co2)c1. The Morgan fingerprint density at radius 3 is 2.95 bits per heavy atom. The van der Waals surface area contributed by atoms with Crippen LogP contribution in [0.5, 0.6) is 11.8 Å². The lowest BCUT2D eigenvalue weighted by Gasteiger charge is -2.04. The number of methoxy groups -OCH3 is 1. The lowest BCUT2D eigenvalue weighted by Crippen LogP contribution is -2.21. The van der Waals surface area contributed by atoms with E-state index in [9.17, 15) is 0 Å². The van der Waals surface area contributed by atoms with E-state index in [0.29, 0.717) is 24.9 Å². The van der Waals surface area contributed by atoms with E-state index in [1.165, 1.54) is 0 Å². The molecule has 0 aliphatic carbocycles. The molecule has 1 aromatic carbocycles. The van der Waals surface area contributed by atoms with E-state index in [-0.39, 0.29) is 6.08 Å². The molecule has 2 rings (SSSR count). The zero-order valence-electron chi connectivity index (χ0n) is 12.1. The molecule has 1 aromatic heterocycles. The largest absolute Gasteiger partial charge is 0.417 e. The van der Waals surface area contributed by atoms with Crippen molar-refractivity contribution in [3.8, 4) is 11.8 Å². The second kappa shape index (κ2) is 7.07. The summed E-state index contributed by atoms with van der Waals surface area (Å²) in [5.41, 5.74) is 1.86. The van der Waals surface area contributed by atoms with Gasteiger partial charge >= 0.3 is 6.08 Å². The van der Waals surface area contributed by atoms with Crippen molar-refractivity contribution in [1.82, 2.24) is 10.3 Å². The van der Waals surface area contributed by atoms with Crippen LogP contribution < -0.4 is 10.1 Å². The van der Waals surface area contributed by atoms with Gasteiger partial charge in [-0.1, -0.05) is 26.0 Å². The van der Waals surface area contributed by atoms with Gasteiger partial charge < -0.3 is 19.2 Å². The molecule has 1 N–H and O–H groups in total. The predicted octanol–water partition coefficient (Wildman–Crippen LogP) is 3.11. The molecule has 0 bridgehead atoms. The van der Waals surface area contributed by atoms with Gasteiger partial charge in [-0.25, -0.2) is 0 Å². The highest BCUT2D eigenvalue weighted by Crippen LogP contribution is 2.22. The average Bonchev–Trinajstić information content (AvgIpc) is 2.85. The summed E-state index contributed by atoms with van der Waals surface area (Å²) >= 11 is 0. The van der Waals surface area contributed by atoms with Gasteiger partial charge in [0.15, 0.2) is 0 Å². The van der Waals surface area contributed by atoms with Gasteiger partial charge in [-0.3, -0.25) is 0 Å². The standard InChI is InChI=1S/C15H20N2O3/c1-11(2)16-8-13-10-19-15(17-13)20-14-6-4-5-12(7-14)9-18-3/h4-7,10-11,16H,8-9H2,1-3H3. The van der Waals surface area contributed by atoms with Gasteiger partial charge in [-0.2, -0.15) is 4.98 Å². The van der Waals surface area contributed by atoms with Gasteiger partial charge in [-0.15, -0.1) is 0 Å². The van der Waals surface area contributed by atoms with Gasteiger partial charge in [0.1, 0.15) is 12.0 Å². The molecule has 20 heavy (non-hydrogen) atoms. The Morgan fingerprint density at radius 1 is 1.35 bits per heavy atom. The smallest absolute Gasteiger partial charge is 0.399 e. The third-order valence-corrected chi connectivity index (χ3v) is 2.64. The van der Waals surface area contributed by atoms with E-state index in [1.807, 2.05) is 24.3 Å². The molecular weight excluding hydrogens is 256 g/mol. The first-order valence-corrected chi connectivity index (χ1v) is 6.61. The minimum Gasteiger partial charge on any atom is -0.417 e. The molecule has 0 unspecified atom stereocenters. The Labute approximate surface area is 118 Å². The number of benzene rings is 1. The highest BCUT2D eigenvalue weighted by molar-refractivity contribution is 5.29. The first-order valence-electron chi connectivity index (χ1n) is 6.61. The zero-order valence-corrected chi connectivity index (χ0v) is 12.1. The molecule has 0 saturated heterocycles. The first-order chi connectivity index (χ1) is 9.67. The monoisotopic (exact) mass is 276 g/mol. The highest BCUT2D eigenvalue weighted by atomic mass is 16.6. The first kappa shape index (κ1) is 14.6. The molecule has 0 saturated carbocycles. The quantitative estimate of drug-likeness (QED) is 0.842. The second-order valence-electron chi connectivity index (χ2n) is 4.82. The van der Waals surface area contributed by atoms with Crippen molar-refractivity contribution in [3.63, 3.8) is 0 Å². The topological polar surface area (TPSA) is 56.5 Å². The third kappa shape index (κ3) is 4.36. The van der Waals surface area contributed by atoms with Crippen LogP contribution in [0.25, 0.3) is 0 Å². The molecule has 0 aliphatic heterocycles. The van der Waals surface area contributed by atoms with Gasteiger partial charge in [0.05, 0.1) is 12.3 Å². The van der Waals surface area contributed by atoms with Crippen LogP contribution in [-0.2, 0) is 17.9 Å². The zero-order chi connectivity index (χ0) is 14.4. The third-order valence-electron chi connectivity index (χ3n) is 2.64. The number of hydrogen-bond acceptors (Lipinski definition) is 5. The van der Waals surface area contributed by atoms with Crippen molar-refractivity contribution in [1.29, 1.82) is 0 Å². The Morgan fingerprint density at radius 2 is 2.20 bits per heavy atom. The van der Waals surface area contributed by atoms with Crippen LogP contribution in [0, 0.1) is 0 Å². The summed E-state index contributed by atoms with van der Waals surface area (Å²) in [6.07, 6.45) is 1.85. The summed E-state index contributed by atoms with van der Waals surface area (Å²) in [5.74, 6) is 0.685. The van der Waals surface area contributed by atoms with Crippen molar-refractivity contribution in [2.24, 2.45) is 0 Å². The Bertz CT molecular complexity index is 537. The maximum absolute atomic E-state index is 5.59. The fourth-order valence-corrected chi connectivity index (χ4v) is 1.69. The summed E-state index contributed by atoms with van der Waals surface area (Å²) in [7, 11) is 1.66. The van der Waals surface area contributed by atoms with Crippen molar-refractivity contribution >= 4 is 0 Å². The fraction of sp³-hybridized carbons (Fsp3) is 0.400. The summed E-state index contributed by atoms with van der Waals surface area (Å²) in [6.45, 7) is 5.37. The fourth-order valence-electron chi connectivity index (χ4n) is 1.69. The van der Waals surface area contributed by atoms with Crippen LogP contribution in [0.2, 0.25) is 0 Å². The van der Waals surface area contributed by atoms with Gasteiger partial charge in [0, 0.05) is 19.7 Å². The van der Waals surface area contributed by atoms with Crippen LogP contribution >= 0.6 is 0 Å². The number of ether oxygens (including phenoxy) is 2. The number of oxazole rings is 1. The van der Waals surface area contributed by atoms with E-state index in [4.69, 9.17) is 13.9 Å². The van der Waals surface area contributed by atoms with Crippen molar-refractivity contribution < 1.29 is 13.9 Å². The molecule has 108 valence electrons. The van der Waals surface area contributed by atoms with Crippen LogP contribution in [0.15, 0.2) is 34.9 Å².